The highest BCUT2D eigenvalue weighted by atomic mass is 32.2. The molecule has 1 saturated carbocycles. The lowest BCUT2D eigenvalue weighted by Crippen LogP contribution is -2.57. The summed E-state index contributed by atoms with van der Waals surface area (Å²) in [6.07, 6.45) is 3.16. The van der Waals surface area contributed by atoms with Crippen molar-refractivity contribution in [2.45, 2.75) is 36.3 Å². The van der Waals surface area contributed by atoms with Gasteiger partial charge in [-0.05, 0) is 44.8 Å². The molecule has 0 bridgehead atoms. The summed E-state index contributed by atoms with van der Waals surface area (Å²) in [5.41, 5.74) is -0.0531. The minimum absolute atomic E-state index is 0.0531. The number of nitrogens with zero attached hydrogens (tertiary/aromatic N) is 1. The molecule has 1 aromatic heterocycles. The van der Waals surface area contributed by atoms with E-state index in [0.717, 1.165) is 19.3 Å². The Bertz CT molecular complexity index is 533. The zero-order valence-electron chi connectivity index (χ0n) is 11.2. The number of rotatable bonds is 6. The van der Waals surface area contributed by atoms with Crippen molar-refractivity contribution in [3.63, 3.8) is 0 Å². The molecular formula is C12H20N2O3S2. The lowest BCUT2D eigenvalue weighted by atomic mass is 9.76. The van der Waals surface area contributed by atoms with Gasteiger partial charge in [0.05, 0.1) is 11.5 Å². The maximum atomic E-state index is 12.2. The molecule has 2 N–H and O–H groups in total. The van der Waals surface area contributed by atoms with Crippen LogP contribution in [0.4, 0.5) is 0 Å². The SMILES string of the molecule is CN(C)C1(CNS(=O)(=O)c2ccsc2CO)CCC1. The van der Waals surface area contributed by atoms with Gasteiger partial charge in [0.15, 0.2) is 0 Å². The molecule has 0 aromatic carbocycles. The molecule has 0 atom stereocenters. The van der Waals surface area contributed by atoms with Crippen molar-refractivity contribution in [3.05, 3.63) is 16.3 Å². The molecule has 0 aliphatic heterocycles. The molecule has 0 amide bonds. The van der Waals surface area contributed by atoms with E-state index in [0.29, 0.717) is 11.4 Å². The predicted octanol–water partition coefficient (Wildman–Crippen LogP) is 1.00. The van der Waals surface area contributed by atoms with Crippen molar-refractivity contribution < 1.29 is 13.5 Å². The molecule has 1 aliphatic rings. The van der Waals surface area contributed by atoms with E-state index in [1.54, 1.807) is 11.4 Å². The van der Waals surface area contributed by atoms with Gasteiger partial charge in [0.1, 0.15) is 0 Å². The number of hydrogen-bond acceptors (Lipinski definition) is 5. The fourth-order valence-corrected chi connectivity index (χ4v) is 4.77. The van der Waals surface area contributed by atoms with E-state index >= 15 is 0 Å². The van der Waals surface area contributed by atoms with Crippen molar-refractivity contribution in [1.29, 1.82) is 0 Å². The number of sulfonamides is 1. The van der Waals surface area contributed by atoms with E-state index in [4.69, 9.17) is 5.11 Å². The second-order valence-corrected chi connectivity index (χ2v) is 7.90. The molecule has 1 heterocycles. The van der Waals surface area contributed by atoms with Crippen molar-refractivity contribution in [3.8, 4) is 0 Å². The second-order valence-electron chi connectivity index (χ2n) is 5.16. The fraction of sp³-hybridized carbons (Fsp3) is 0.667. The number of likely N-dealkylation sites (N-methyl/N-ethyl adjacent to an activating group) is 1. The zero-order valence-corrected chi connectivity index (χ0v) is 12.9. The van der Waals surface area contributed by atoms with Gasteiger partial charge < -0.3 is 10.0 Å². The number of aliphatic hydroxyl groups is 1. The largest absolute Gasteiger partial charge is 0.391 e. The molecule has 0 radical (unpaired) electrons. The Balaban J connectivity index is 2.10. The van der Waals surface area contributed by atoms with Crippen molar-refractivity contribution in [2.75, 3.05) is 20.6 Å². The molecule has 7 heteroatoms. The standard InChI is InChI=1S/C12H20N2O3S2/c1-14(2)12(5-3-6-12)9-13-19(16,17)11-4-7-18-10(11)8-15/h4,7,13,15H,3,5-6,8-9H2,1-2H3. The van der Waals surface area contributed by atoms with Gasteiger partial charge in [-0.25, -0.2) is 13.1 Å². The van der Waals surface area contributed by atoms with Crippen LogP contribution < -0.4 is 4.72 Å². The molecule has 1 fully saturated rings. The van der Waals surface area contributed by atoms with E-state index in [1.807, 2.05) is 14.1 Å². The third-order valence-corrected chi connectivity index (χ3v) is 6.48. The van der Waals surface area contributed by atoms with Crippen molar-refractivity contribution in [2.24, 2.45) is 0 Å². The molecule has 108 valence electrons. The lowest BCUT2D eigenvalue weighted by Gasteiger charge is -2.47. The Morgan fingerprint density at radius 2 is 2.16 bits per heavy atom. The number of aliphatic hydroxyl groups excluding tert-OH is 1. The minimum Gasteiger partial charge on any atom is -0.391 e. The van der Waals surface area contributed by atoms with Crippen LogP contribution >= 0.6 is 11.3 Å². The Kier molecular flexibility index (Phi) is 4.32. The van der Waals surface area contributed by atoms with Gasteiger partial charge in [-0.2, -0.15) is 0 Å². The second kappa shape index (κ2) is 5.49. The summed E-state index contributed by atoms with van der Waals surface area (Å²) in [5, 5.41) is 10.8. The maximum absolute atomic E-state index is 12.2. The van der Waals surface area contributed by atoms with Crippen LogP contribution in [-0.2, 0) is 16.6 Å². The van der Waals surface area contributed by atoms with E-state index in [1.165, 1.54) is 11.3 Å². The van der Waals surface area contributed by atoms with Crippen LogP contribution in [0.5, 0.6) is 0 Å². The smallest absolute Gasteiger partial charge is 0.241 e. The first kappa shape index (κ1) is 14.9. The summed E-state index contributed by atoms with van der Waals surface area (Å²) in [7, 11) is 0.438. The molecule has 0 saturated heterocycles. The van der Waals surface area contributed by atoms with Gasteiger partial charge >= 0.3 is 0 Å². The van der Waals surface area contributed by atoms with Crippen LogP contribution in [0.25, 0.3) is 0 Å². The van der Waals surface area contributed by atoms with Crippen LogP contribution in [0, 0.1) is 0 Å². The van der Waals surface area contributed by atoms with Crippen LogP contribution in [0.1, 0.15) is 24.1 Å². The highest BCUT2D eigenvalue weighted by Gasteiger charge is 2.40. The molecule has 0 spiro atoms. The summed E-state index contributed by atoms with van der Waals surface area (Å²) < 4.78 is 27.2. The molecule has 5 nitrogen and oxygen atoms in total. The first-order valence-electron chi connectivity index (χ1n) is 6.26. The molecule has 1 aliphatic carbocycles. The number of thiophene rings is 1. The summed E-state index contributed by atoms with van der Waals surface area (Å²) in [5.74, 6) is 0. The van der Waals surface area contributed by atoms with Crippen LogP contribution in [-0.4, -0.2) is 44.6 Å². The summed E-state index contributed by atoms with van der Waals surface area (Å²) in [6.45, 7) is 0.176. The quantitative estimate of drug-likeness (QED) is 0.823. The summed E-state index contributed by atoms with van der Waals surface area (Å²) >= 11 is 1.26. The average Bonchev–Trinajstić information content (AvgIpc) is 2.75. The topological polar surface area (TPSA) is 69.6 Å². The first-order chi connectivity index (χ1) is 8.91. The number of nitrogens with one attached hydrogen (secondary N) is 1. The first-order valence-corrected chi connectivity index (χ1v) is 8.62. The molecule has 0 unspecified atom stereocenters. The van der Waals surface area contributed by atoms with Gasteiger partial charge in [-0.3, -0.25) is 0 Å². The Hall–Kier alpha value is -0.470. The van der Waals surface area contributed by atoms with E-state index < -0.39 is 10.0 Å². The van der Waals surface area contributed by atoms with E-state index in [9.17, 15) is 8.42 Å². The monoisotopic (exact) mass is 304 g/mol. The lowest BCUT2D eigenvalue weighted by molar-refractivity contribution is 0.0656. The normalized spacial score (nSPS) is 18.5. The zero-order chi connectivity index (χ0) is 14.1. The van der Waals surface area contributed by atoms with Gasteiger partial charge in [-0.15, -0.1) is 11.3 Å². The molecule has 1 aromatic rings. The molecule has 19 heavy (non-hydrogen) atoms. The predicted molar refractivity (Wildman–Crippen MR) is 75.7 cm³/mol. The van der Waals surface area contributed by atoms with Crippen molar-refractivity contribution in [1.82, 2.24) is 9.62 Å². The van der Waals surface area contributed by atoms with Crippen LogP contribution in [0.15, 0.2) is 16.3 Å². The van der Waals surface area contributed by atoms with E-state index in [2.05, 4.69) is 9.62 Å². The minimum atomic E-state index is -3.53. The van der Waals surface area contributed by atoms with E-state index in [-0.39, 0.29) is 17.0 Å². The third-order valence-electron chi connectivity index (χ3n) is 3.96. The highest BCUT2D eigenvalue weighted by molar-refractivity contribution is 7.89. The summed E-state index contributed by atoms with van der Waals surface area (Å²) in [4.78, 5) is 2.79. The van der Waals surface area contributed by atoms with Crippen LogP contribution in [0.2, 0.25) is 0 Å². The van der Waals surface area contributed by atoms with Crippen LogP contribution in [0.3, 0.4) is 0 Å². The Morgan fingerprint density at radius 1 is 1.47 bits per heavy atom. The summed E-state index contributed by atoms with van der Waals surface area (Å²) in [6, 6.07) is 1.54. The average molecular weight is 304 g/mol. The van der Waals surface area contributed by atoms with Crippen molar-refractivity contribution >= 4 is 21.4 Å². The Morgan fingerprint density at radius 3 is 2.63 bits per heavy atom. The Labute approximate surface area is 118 Å². The molecular weight excluding hydrogens is 284 g/mol. The van der Waals surface area contributed by atoms with Gasteiger partial charge in [0, 0.05) is 17.0 Å². The van der Waals surface area contributed by atoms with Gasteiger partial charge in [0.25, 0.3) is 0 Å². The molecule has 2 rings (SSSR count). The highest BCUT2D eigenvalue weighted by Crippen LogP contribution is 2.35. The fourth-order valence-electron chi connectivity index (χ4n) is 2.36. The van der Waals surface area contributed by atoms with Gasteiger partial charge in [0.2, 0.25) is 10.0 Å². The maximum Gasteiger partial charge on any atom is 0.241 e. The third kappa shape index (κ3) is 2.85. The van der Waals surface area contributed by atoms with Gasteiger partial charge in [-0.1, -0.05) is 0 Å². The number of hydrogen-bond donors (Lipinski definition) is 2.